The van der Waals surface area contributed by atoms with Gasteiger partial charge in [-0.2, -0.15) is 5.21 Å². The highest BCUT2D eigenvalue weighted by atomic mass is 16.6. The van der Waals surface area contributed by atoms with E-state index in [0.29, 0.717) is 5.82 Å². The molecule has 1 amide bonds. The first-order valence-corrected chi connectivity index (χ1v) is 5.06. The fraction of sp³-hybridized carbons (Fsp3) is 0.111. The number of aromatic hydroxyl groups is 1. The van der Waals surface area contributed by atoms with Crippen molar-refractivity contribution in [3.05, 3.63) is 39.7 Å². The predicted octanol–water partition coefficient (Wildman–Crippen LogP) is -0.257. The molecular formula is C9H8N6O4. The Morgan fingerprint density at radius 3 is 2.89 bits per heavy atom. The number of amides is 1. The molecule has 0 aliphatic heterocycles. The molecule has 0 atom stereocenters. The van der Waals surface area contributed by atoms with E-state index in [0.717, 1.165) is 12.1 Å². The summed E-state index contributed by atoms with van der Waals surface area (Å²) in [5.41, 5.74) is -0.374. The number of hydrogen-bond donors (Lipinski definition) is 3. The maximum Gasteiger partial charge on any atom is 0.310 e. The van der Waals surface area contributed by atoms with E-state index < -0.39 is 22.3 Å². The lowest BCUT2D eigenvalue weighted by molar-refractivity contribution is -0.385. The molecule has 0 bridgehead atoms. The molecule has 10 nitrogen and oxygen atoms in total. The van der Waals surface area contributed by atoms with Gasteiger partial charge in [-0.05, 0) is 12.1 Å². The highest BCUT2D eigenvalue weighted by Crippen LogP contribution is 2.26. The van der Waals surface area contributed by atoms with Crippen LogP contribution in [0.5, 0.6) is 5.75 Å². The number of hydrogen-bond acceptors (Lipinski definition) is 7. The first-order valence-electron chi connectivity index (χ1n) is 5.06. The fourth-order valence-corrected chi connectivity index (χ4v) is 1.34. The van der Waals surface area contributed by atoms with E-state index in [-0.39, 0.29) is 12.1 Å². The first-order chi connectivity index (χ1) is 9.08. The van der Waals surface area contributed by atoms with Gasteiger partial charge in [0.1, 0.15) is 0 Å². The van der Waals surface area contributed by atoms with Gasteiger partial charge >= 0.3 is 5.69 Å². The van der Waals surface area contributed by atoms with Gasteiger partial charge < -0.3 is 10.4 Å². The monoisotopic (exact) mass is 264 g/mol. The summed E-state index contributed by atoms with van der Waals surface area (Å²) in [5.74, 6) is -0.799. The molecule has 10 heteroatoms. The largest absolute Gasteiger partial charge is 0.502 e. The quantitative estimate of drug-likeness (QED) is 0.509. The second-order valence-electron chi connectivity index (χ2n) is 3.47. The summed E-state index contributed by atoms with van der Waals surface area (Å²) in [6.07, 6.45) is 0. The van der Waals surface area contributed by atoms with Crippen molar-refractivity contribution < 1.29 is 14.8 Å². The first kappa shape index (κ1) is 12.4. The minimum absolute atomic E-state index is 0.0487. The van der Waals surface area contributed by atoms with Gasteiger partial charge in [-0.25, -0.2) is 0 Å². The summed E-state index contributed by atoms with van der Waals surface area (Å²) in [5, 5.41) is 35.2. The smallest absolute Gasteiger partial charge is 0.310 e. The summed E-state index contributed by atoms with van der Waals surface area (Å²) in [6.45, 7) is 0.0487. The van der Waals surface area contributed by atoms with E-state index in [1.54, 1.807) is 0 Å². The number of aromatic amines is 1. The molecule has 2 aromatic rings. The lowest BCUT2D eigenvalue weighted by atomic mass is 10.2. The highest BCUT2D eigenvalue weighted by molar-refractivity contribution is 5.94. The van der Waals surface area contributed by atoms with Gasteiger partial charge in [-0.3, -0.25) is 14.9 Å². The number of aromatic nitrogens is 4. The van der Waals surface area contributed by atoms with E-state index in [4.69, 9.17) is 0 Å². The Kier molecular flexibility index (Phi) is 3.32. The van der Waals surface area contributed by atoms with Gasteiger partial charge in [-0.1, -0.05) is 5.21 Å². The summed E-state index contributed by atoms with van der Waals surface area (Å²) >= 11 is 0. The SMILES string of the molecule is O=C(NCc1nn[nH]n1)c1ccc([N+](=O)[O-])c(O)c1. The normalized spacial score (nSPS) is 10.1. The summed E-state index contributed by atoms with van der Waals surface area (Å²) < 4.78 is 0. The van der Waals surface area contributed by atoms with Crippen molar-refractivity contribution in [3.63, 3.8) is 0 Å². The number of benzene rings is 1. The molecule has 1 aromatic carbocycles. The Bertz CT molecular complexity index is 611. The van der Waals surface area contributed by atoms with Crippen molar-refractivity contribution in [2.45, 2.75) is 6.54 Å². The third-order valence-corrected chi connectivity index (χ3v) is 2.23. The van der Waals surface area contributed by atoms with E-state index in [1.807, 2.05) is 0 Å². The van der Waals surface area contributed by atoms with Crippen LogP contribution in [0.15, 0.2) is 18.2 Å². The van der Waals surface area contributed by atoms with Crippen LogP contribution >= 0.6 is 0 Å². The molecule has 2 rings (SSSR count). The average Bonchev–Trinajstić information content (AvgIpc) is 2.88. The lowest BCUT2D eigenvalue weighted by Gasteiger charge is -2.03. The third-order valence-electron chi connectivity index (χ3n) is 2.23. The van der Waals surface area contributed by atoms with Crippen molar-refractivity contribution >= 4 is 11.6 Å². The predicted molar refractivity (Wildman–Crippen MR) is 60.1 cm³/mol. The number of nitrogens with one attached hydrogen (secondary N) is 2. The molecule has 0 saturated carbocycles. The van der Waals surface area contributed by atoms with Gasteiger partial charge in [0.25, 0.3) is 5.91 Å². The molecule has 1 aromatic heterocycles. The molecule has 0 spiro atoms. The molecule has 98 valence electrons. The Labute approximate surface area is 105 Å². The molecule has 1 heterocycles. The minimum Gasteiger partial charge on any atom is -0.502 e. The van der Waals surface area contributed by atoms with Crippen LogP contribution in [0.1, 0.15) is 16.2 Å². The van der Waals surface area contributed by atoms with Crippen molar-refractivity contribution in [1.82, 2.24) is 25.9 Å². The Morgan fingerprint density at radius 2 is 2.32 bits per heavy atom. The van der Waals surface area contributed by atoms with Gasteiger partial charge in [0.2, 0.25) is 0 Å². The number of H-pyrrole nitrogens is 1. The number of carbonyl (C=O) groups excluding carboxylic acids is 1. The molecule has 19 heavy (non-hydrogen) atoms. The number of phenolic OH excluding ortho intramolecular Hbond substituents is 1. The molecular weight excluding hydrogens is 256 g/mol. The maximum atomic E-state index is 11.7. The van der Waals surface area contributed by atoms with E-state index in [2.05, 4.69) is 25.9 Å². The molecule has 3 N–H and O–H groups in total. The van der Waals surface area contributed by atoms with Gasteiger partial charge in [0, 0.05) is 11.6 Å². The van der Waals surface area contributed by atoms with Crippen molar-refractivity contribution in [2.75, 3.05) is 0 Å². The van der Waals surface area contributed by atoms with E-state index in [1.165, 1.54) is 6.07 Å². The van der Waals surface area contributed by atoms with Crippen LogP contribution in [0, 0.1) is 10.1 Å². The standard InChI is InChI=1S/C9H8N6O4/c16-7-3-5(1-2-6(7)15(18)19)9(17)10-4-8-11-13-14-12-8/h1-3,16H,4H2,(H,10,17)(H,11,12,13,14). The van der Waals surface area contributed by atoms with Crippen LogP contribution in [-0.2, 0) is 6.54 Å². The van der Waals surface area contributed by atoms with Crippen LogP contribution in [0.2, 0.25) is 0 Å². The average molecular weight is 264 g/mol. The number of rotatable bonds is 4. The highest BCUT2D eigenvalue weighted by Gasteiger charge is 2.16. The topological polar surface area (TPSA) is 147 Å². The van der Waals surface area contributed by atoms with Crippen LogP contribution in [0.4, 0.5) is 5.69 Å². The maximum absolute atomic E-state index is 11.7. The Balaban J connectivity index is 2.07. The third kappa shape index (κ3) is 2.80. The van der Waals surface area contributed by atoms with E-state index >= 15 is 0 Å². The van der Waals surface area contributed by atoms with Crippen LogP contribution < -0.4 is 5.32 Å². The molecule has 0 aliphatic carbocycles. The zero-order valence-electron chi connectivity index (χ0n) is 9.40. The molecule has 0 fully saturated rings. The number of phenols is 1. The second-order valence-corrected chi connectivity index (χ2v) is 3.47. The van der Waals surface area contributed by atoms with Gasteiger partial charge in [0.15, 0.2) is 11.6 Å². The molecule has 0 aliphatic rings. The van der Waals surface area contributed by atoms with E-state index in [9.17, 15) is 20.0 Å². The van der Waals surface area contributed by atoms with Gasteiger partial charge in [-0.15, -0.1) is 10.2 Å². The van der Waals surface area contributed by atoms with Crippen molar-refractivity contribution in [1.29, 1.82) is 0 Å². The fourth-order valence-electron chi connectivity index (χ4n) is 1.34. The Morgan fingerprint density at radius 1 is 1.53 bits per heavy atom. The number of nitro benzene ring substituents is 1. The van der Waals surface area contributed by atoms with Crippen molar-refractivity contribution in [2.24, 2.45) is 0 Å². The molecule has 0 saturated heterocycles. The number of tetrazole rings is 1. The van der Waals surface area contributed by atoms with Gasteiger partial charge in [0.05, 0.1) is 11.5 Å². The number of carbonyl (C=O) groups is 1. The van der Waals surface area contributed by atoms with Crippen molar-refractivity contribution in [3.8, 4) is 5.75 Å². The summed E-state index contributed by atoms with van der Waals surface area (Å²) in [4.78, 5) is 21.5. The minimum atomic E-state index is -0.740. The Hall–Kier alpha value is -3.04. The summed E-state index contributed by atoms with van der Waals surface area (Å²) in [7, 11) is 0. The lowest BCUT2D eigenvalue weighted by Crippen LogP contribution is -2.23. The second kappa shape index (κ2) is 5.08. The molecule has 0 unspecified atom stereocenters. The zero-order valence-corrected chi connectivity index (χ0v) is 9.40. The zero-order chi connectivity index (χ0) is 13.8. The number of nitro groups is 1. The van der Waals surface area contributed by atoms with Crippen LogP contribution in [-0.4, -0.2) is 36.6 Å². The summed E-state index contributed by atoms with van der Waals surface area (Å²) in [6, 6.07) is 3.31. The molecule has 0 radical (unpaired) electrons. The number of nitrogens with zero attached hydrogens (tertiary/aromatic N) is 4. The van der Waals surface area contributed by atoms with Crippen LogP contribution in [0.25, 0.3) is 0 Å². The van der Waals surface area contributed by atoms with Crippen LogP contribution in [0.3, 0.4) is 0 Å².